The van der Waals surface area contributed by atoms with Crippen LogP contribution < -0.4 is 5.32 Å². The Balaban J connectivity index is 1.53. The molecule has 0 radical (unpaired) electrons. The molecule has 1 aromatic rings. The highest BCUT2D eigenvalue weighted by molar-refractivity contribution is 5.22. The lowest BCUT2D eigenvalue weighted by molar-refractivity contribution is -0.135. The summed E-state index contributed by atoms with van der Waals surface area (Å²) in [4.78, 5) is 0. The van der Waals surface area contributed by atoms with Crippen LogP contribution in [0.2, 0.25) is 0 Å². The number of hydrogen-bond acceptors (Lipinski definition) is 2. The molecule has 1 N–H and O–H groups in total. The van der Waals surface area contributed by atoms with E-state index in [1.165, 1.54) is 36.8 Å². The molecule has 1 atom stereocenters. The number of benzene rings is 1. The van der Waals surface area contributed by atoms with Crippen molar-refractivity contribution >= 4 is 0 Å². The quantitative estimate of drug-likeness (QED) is 0.883. The Labute approximate surface area is 110 Å². The lowest BCUT2D eigenvalue weighted by Crippen LogP contribution is -2.50. The number of ether oxygens (including phenoxy) is 1. The van der Waals surface area contributed by atoms with Gasteiger partial charge in [0.15, 0.2) is 0 Å². The van der Waals surface area contributed by atoms with Crippen LogP contribution >= 0.6 is 0 Å². The summed E-state index contributed by atoms with van der Waals surface area (Å²) in [6, 6.07) is 9.41. The first-order chi connectivity index (χ1) is 8.76. The first-order valence-electron chi connectivity index (χ1n) is 7.19. The molecule has 1 saturated heterocycles. The van der Waals surface area contributed by atoms with Gasteiger partial charge in [0.2, 0.25) is 0 Å². The first-order valence-corrected chi connectivity index (χ1v) is 7.19. The van der Waals surface area contributed by atoms with E-state index in [4.69, 9.17) is 4.74 Å². The van der Waals surface area contributed by atoms with Crippen LogP contribution in [0.25, 0.3) is 0 Å². The third-order valence-corrected chi connectivity index (χ3v) is 4.44. The number of nitrogens with one attached hydrogen (secondary N) is 1. The molecule has 18 heavy (non-hydrogen) atoms. The van der Waals surface area contributed by atoms with Gasteiger partial charge in [-0.3, -0.25) is 0 Å². The molecule has 0 bridgehead atoms. The number of aryl methyl sites for hydroxylation is 1. The molecule has 3 rings (SSSR count). The minimum absolute atomic E-state index is 0.253. The van der Waals surface area contributed by atoms with Crippen molar-refractivity contribution in [2.24, 2.45) is 0 Å². The summed E-state index contributed by atoms with van der Waals surface area (Å²) in [6.07, 6.45) is 6.27. The van der Waals surface area contributed by atoms with Gasteiger partial charge in [0.05, 0.1) is 5.60 Å². The summed E-state index contributed by atoms with van der Waals surface area (Å²) in [7, 11) is 0. The normalized spacial score (nSPS) is 25.9. The number of hydrogen-bond donors (Lipinski definition) is 1. The van der Waals surface area contributed by atoms with Gasteiger partial charge in [0, 0.05) is 19.2 Å². The molecule has 1 aliphatic heterocycles. The van der Waals surface area contributed by atoms with Crippen molar-refractivity contribution in [2.75, 3.05) is 6.61 Å². The van der Waals surface area contributed by atoms with Crippen LogP contribution in [0.4, 0.5) is 0 Å². The van der Waals surface area contributed by atoms with Crippen molar-refractivity contribution in [3.8, 4) is 0 Å². The highest BCUT2D eigenvalue weighted by atomic mass is 16.5. The van der Waals surface area contributed by atoms with E-state index in [-0.39, 0.29) is 5.60 Å². The highest BCUT2D eigenvalue weighted by Crippen LogP contribution is 2.42. The van der Waals surface area contributed by atoms with E-state index >= 15 is 0 Å². The molecule has 1 heterocycles. The predicted octanol–water partition coefficient (Wildman–Crippen LogP) is 3.19. The fraction of sp³-hybridized carbons (Fsp3) is 0.625. The molecule has 2 nitrogen and oxygen atoms in total. The van der Waals surface area contributed by atoms with Gasteiger partial charge in [0.25, 0.3) is 0 Å². The highest BCUT2D eigenvalue weighted by Gasteiger charge is 2.42. The maximum Gasteiger partial charge on any atom is 0.0697 e. The molecule has 2 fully saturated rings. The summed E-state index contributed by atoms with van der Waals surface area (Å²) in [5.41, 5.74) is 2.99. The second-order valence-corrected chi connectivity index (χ2v) is 5.94. The molecule has 1 unspecified atom stereocenters. The smallest absolute Gasteiger partial charge is 0.0697 e. The molecule has 1 spiro atoms. The monoisotopic (exact) mass is 245 g/mol. The van der Waals surface area contributed by atoms with Crippen molar-refractivity contribution in [1.29, 1.82) is 0 Å². The lowest BCUT2D eigenvalue weighted by Gasteiger charge is -2.47. The van der Waals surface area contributed by atoms with Crippen LogP contribution in [0.5, 0.6) is 0 Å². The Hall–Kier alpha value is -0.860. The van der Waals surface area contributed by atoms with E-state index in [1.807, 2.05) is 0 Å². The Morgan fingerprint density at radius 1 is 1.39 bits per heavy atom. The Morgan fingerprint density at radius 2 is 2.28 bits per heavy atom. The molecular weight excluding hydrogens is 222 g/mol. The lowest BCUT2D eigenvalue weighted by atomic mass is 9.74. The Kier molecular flexibility index (Phi) is 3.40. The van der Waals surface area contributed by atoms with E-state index in [1.54, 1.807) is 0 Å². The maximum absolute atomic E-state index is 5.96. The molecule has 2 heteroatoms. The van der Waals surface area contributed by atoms with Crippen LogP contribution in [0, 0.1) is 6.92 Å². The van der Waals surface area contributed by atoms with Gasteiger partial charge < -0.3 is 10.1 Å². The van der Waals surface area contributed by atoms with Crippen LogP contribution in [0.1, 0.15) is 43.2 Å². The molecule has 0 aromatic heterocycles. The zero-order valence-electron chi connectivity index (χ0n) is 11.2. The van der Waals surface area contributed by atoms with E-state index in [0.717, 1.165) is 19.6 Å². The van der Waals surface area contributed by atoms with Crippen molar-refractivity contribution in [3.63, 3.8) is 0 Å². The minimum atomic E-state index is 0.253. The number of rotatable bonds is 3. The Bertz CT molecular complexity index is 411. The zero-order chi connectivity index (χ0) is 12.4. The van der Waals surface area contributed by atoms with Crippen molar-refractivity contribution < 1.29 is 4.74 Å². The minimum Gasteiger partial charge on any atom is -0.375 e. The molecule has 1 aromatic carbocycles. The van der Waals surface area contributed by atoms with Gasteiger partial charge in [-0.1, -0.05) is 29.8 Å². The molecule has 2 aliphatic rings. The van der Waals surface area contributed by atoms with E-state index < -0.39 is 0 Å². The fourth-order valence-electron chi connectivity index (χ4n) is 3.21. The standard InChI is InChI=1S/C16H23NO/c1-13-4-2-5-14(10-13)12-17-15-6-9-18-16(11-15)7-3-8-16/h2,4-5,10,15,17H,3,6-9,11-12H2,1H3. The fourth-order valence-corrected chi connectivity index (χ4v) is 3.21. The summed E-state index contributed by atoms with van der Waals surface area (Å²) >= 11 is 0. The largest absolute Gasteiger partial charge is 0.375 e. The average Bonchev–Trinajstić information content (AvgIpc) is 2.35. The second-order valence-electron chi connectivity index (χ2n) is 5.94. The molecule has 1 saturated carbocycles. The van der Waals surface area contributed by atoms with Crippen molar-refractivity contribution in [3.05, 3.63) is 35.4 Å². The summed E-state index contributed by atoms with van der Waals surface area (Å²) in [5, 5.41) is 3.71. The Morgan fingerprint density at radius 3 is 3.00 bits per heavy atom. The third-order valence-electron chi connectivity index (χ3n) is 4.44. The van der Waals surface area contributed by atoms with Gasteiger partial charge in [-0.05, 0) is 44.6 Å². The van der Waals surface area contributed by atoms with E-state index in [2.05, 4.69) is 36.5 Å². The zero-order valence-corrected chi connectivity index (χ0v) is 11.2. The van der Waals surface area contributed by atoms with Gasteiger partial charge in [-0.25, -0.2) is 0 Å². The van der Waals surface area contributed by atoms with Crippen LogP contribution in [-0.2, 0) is 11.3 Å². The average molecular weight is 245 g/mol. The molecule has 98 valence electrons. The molecule has 0 amide bonds. The first kappa shape index (κ1) is 12.2. The van der Waals surface area contributed by atoms with Gasteiger partial charge in [-0.2, -0.15) is 0 Å². The third kappa shape index (κ3) is 2.60. The second kappa shape index (κ2) is 5.02. The van der Waals surface area contributed by atoms with Gasteiger partial charge in [-0.15, -0.1) is 0 Å². The molecular formula is C16H23NO. The summed E-state index contributed by atoms with van der Waals surface area (Å²) in [6.45, 7) is 4.08. The van der Waals surface area contributed by atoms with Crippen LogP contribution in [-0.4, -0.2) is 18.2 Å². The van der Waals surface area contributed by atoms with Crippen LogP contribution in [0.15, 0.2) is 24.3 Å². The topological polar surface area (TPSA) is 21.3 Å². The summed E-state index contributed by atoms with van der Waals surface area (Å²) in [5.74, 6) is 0. The van der Waals surface area contributed by atoms with Crippen molar-refractivity contribution in [1.82, 2.24) is 5.32 Å². The molecule has 1 aliphatic carbocycles. The van der Waals surface area contributed by atoms with E-state index in [0.29, 0.717) is 6.04 Å². The van der Waals surface area contributed by atoms with Crippen molar-refractivity contribution in [2.45, 2.75) is 57.2 Å². The van der Waals surface area contributed by atoms with Gasteiger partial charge in [0.1, 0.15) is 0 Å². The van der Waals surface area contributed by atoms with Gasteiger partial charge >= 0.3 is 0 Å². The summed E-state index contributed by atoms with van der Waals surface area (Å²) < 4.78 is 5.96. The van der Waals surface area contributed by atoms with E-state index in [9.17, 15) is 0 Å². The maximum atomic E-state index is 5.96. The SMILES string of the molecule is Cc1cccc(CNC2CCOC3(CCC3)C2)c1. The van der Waals surface area contributed by atoms with Crippen LogP contribution in [0.3, 0.4) is 0 Å². The predicted molar refractivity (Wildman–Crippen MR) is 73.6 cm³/mol.